The minimum absolute atomic E-state index is 0.158. The van der Waals surface area contributed by atoms with Gasteiger partial charge in [-0.3, -0.25) is 0 Å². The Kier molecular flexibility index (Phi) is 4.73. The first-order valence-electron chi connectivity index (χ1n) is 6.66. The van der Waals surface area contributed by atoms with Crippen molar-refractivity contribution in [3.63, 3.8) is 0 Å². The fourth-order valence-electron chi connectivity index (χ4n) is 2.58. The second-order valence-corrected chi connectivity index (χ2v) is 6.30. The van der Waals surface area contributed by atoms with E-state index in [1.165, 1.54) is 12.5 Å². The van der Waals surface area contributed by atoms with Crippen LogP contribution in [0.3, 0.4) is 0 Å². The number of hydrogen-bond donors (Lipinski definition) is 2. The summed E-state index contributed by atoms with van der Waals surface area (Å²) in [5.41, 5.74) is 5.79. The molecule has 1 saturated carbocycles. The van der Waals surface area contributed by atoms with Gasteiger partial charge in [0.2, 0.25) is 0 Å². The number of nitrogens with two attached hydrogens (primary N) is 1. The number of nitrogen functional groups attached to an aromatic ring is 1. The van der Waals surface area contributed by atoms with Gasteiger partial charge in [0, 0.05) is 11.3 Å². The summed E-state index contributed by atoms with van der Waals surface area (Å²) in [5.74, 6) is 0. The van der Waals surface area contributed by atoms with Gasteiger partial charge in [-0.1, -0.05) is 6.42 Å². The fourth-order valence-corrected chi connectivity index (χ4v) is 3.41. The molecule has 112 valence electrons. The molecule has 1 aliphatic carbocycles. The van der Waals surface area contributed by atoms with E-state index in [4.69, 9.17) is 5.73 Å². The van der Waals surface area contributed by atoms with Crippen molar-refractivity contribution >= 4 is 23.1 Å². The molecule has 1 aromatic rings. The van der Waals surface area contributed by atoms with E-state index in [1.54, 1.807) is 0 Å². The first kappa shape index (κ1) is 15.4. The van der Waals surface area contributed by atoms with Crippen LogP contribution in [0.25, 0.3) is 0 Å². The van der Waals surface area contributed by atoms with Crippen molar-refractivity contribution in [2.24, 2.45) is 0 Å². The van der Waals surface area contributed by atoms with E-state index in [2.05, 4.69) is 11.6 Å². The number of thioether (sulfide) groups is 1. The van der Waals surface area contributed by atoms with Crippen molar-refractivity contribution in [2.45, 2.75) is 43.2 Å². The van der Waals surface area contributed by atoms with Crippen molar-refractivity contribution in [3.8, 4) is 0 Å². The number of rotatable bonds is 3. The van der Waals surface area contributed by atoms with Crippen molar-refractivity contribution in [1.82, 2.24) is 0 Å². The van der Waals surface area contributed by atoms with Gasteiger partial charge in [0.15, 0.2) is 0 Å². The lowest BCUT2D eigenvalue weighted by Gasteiger charge is -2.30. The fraction of sp³-hybridized carbons (Fsp3) is 0.571. The van der Waals surface area contributed by atoms with Crippen molar-refractivity contribution in [2.75, 3.05) is 17.3 Å². The van der Waals surface area contributed by atoms with Gasteiger partial charge in [0.25, 0.3) is 0 Å². The Morgan fingerprint density at radius 3 is 2.65 bits per heavy atom. The normalized spacial score (nSPS) is 23.6. The van der Waals surface area contributed by atoms with Crippen LogP contribution < -0.4 is 11.1 Å². The maximum Gasteiger partial charge on any atom is 0.416 e. The van der Waals surface area contributed by atoms with Crippen LogP contribution in [0.15, 0.2) is 18.2 Å². The molecule has 0 aliphatic heterocycles. The highest BCUT2D eigenvalue weighted by molar-refractivity contribution is 7.99. The number of halogens is 3. The summed E-state index contributed by atoms with van der Waals surface area (Å²) in [4.78, 5) is 0. The molecule has 0 aromatic heterocycles. The highest BCUT2D eigenvalue weighted by Gasteiger charge is 2.31. The molecule has 2 atom stereocenters. The minimum Gasteiger partial charge on any atom is -0.397 e. The maximum absolute atomic E-state index is 12.6. The second kappa shape index (κ2) is 6.16. The lowest BCUT2D eigenvalue weighted by atomic mass is 9.94. The standard InChI is InChI=1S/C14H19F3N2S/c1-20-11-4-2-3-10(8-11)19-13-6-5-9(7-12(13)18)14(15,16)17/h5-7,10-11,19H,2-4,8,18H2,1H3. The molecule has 20 heavy (non-hydrogen) atoms. The van der Waals surface area contributed by atoms with Gasteiger partial charge in [0.05, 0.1) is 16.9 Å². The zero-order valence-corrected chi connectivity index (χ0v) is 12.2. The van der Waals surface area contributed by atoms with Crippen LogP contribution in [-0.4, -0.2) is 17.5 Å². The summed E-state index contributed by atoms with van der Waals surface area (Å²) in [5, 5.41) is 3.91. The SMILES string of the molecule is CSC1CCCC(Nc2ccc(C(F)(F)F)cc2N)C1. The monoisotopic (exact) mass is 304 g/mol. The molecular weight excluding hydrogens is 285 g/mol. The number of anilines is 2. The van der Waals surface area contributed by atoms with E-state index in [1.807, 2.05) is 11.8 Å². The molecule has 1 fully saturated rings. The molecule has 2 nitrogen and oxygen atoms in total. The van der Waals surface area contributed by atoms with E-state index in [-0.39, 0.29) is 5.69 Å². The summed E-state index contributed by atoms with van der Waals surface area (Å²) >= 11 is 1.85. The zero-order chi connectivity index (χ0) is 14.8. The smallest absolute Gasteiger partial charge is 0.397 e. The van der Waals surface area contributed by atoms with Crippen LogP contribution in [0.4, 0.5) is 24.5 Å². The highest BCUT2D eigenvalue weighted by Crippen LogP contribution is 2.34. The molecule has 3 N–H and O–H groups in total. The first-order chi connectivity index (χ1) is 9.40. The van der Waals surface area contributed by atoms with E-state index in [0.717, 1.165) is 31.4 Å². The minimum atomic E-state index is -4.35. The summed E-state index contributed by atoms with van der Waals surface area (Å²) in [6.07, 6.45) is 2.17. The maximum atomic E-state index is 12.6. The third-order valence-corrected chi connectivity index (χ3v) is 4.79. The Morgan fingerprint density at radius 1 is 1.30 bits per heavy atom. The number of nitrogens with one attached hydrogen (secondary N) is 1. The third-order valence-electron chi connectivity index (χ3n) is 3.70. The molecule has 1 aliphatic rings. The topological polar surface area (TPSA) is 38.0 Å². The molecule has 0 heterocycles. The summed E-state index contributed by atoms with van der Waals surface area (Å²) in [6.45, 7) is 0. The average molecular weight is 304 g/mol. The summed E-state index contributed by atoms with van der Waals surface area (Å²) in [6, 6.07) is 3.80. The van der Waals surface area contributed by atoms with E-state index in [0.29, 0.717) is 17.0 Å². The van der Waals surface area contributed by atoms with Crippen LogP contribution in [0.1, 0.15) is 31.2 Å². The van der Waals surface area contributed by atoms with Crippen LogP contribution in [0.5, 0.6) is 0 Å². The molecular formula is C14H19F3N2S. The first-order valence-corrected chi connectivity index (χ1v) is 7.95. The van der Waals surface area contributed by atoms with Crippen LogP contribution in [-0.2, 0) is 6.18 Å². The molecule has 1 aromatic carbocycles. The molecule has 2 unspecified atom stereocenters. The Hall–Kier alpha value is -1.04. The molecule has 0 spiro atoms. The Balaban J connectivity index is 2.06. The lowest BCUT2D eigenvalue weighted by molar-refractivity contribution is -0.137. The zero-order valence-electron chi connectivity index (χ0n) is 11.3. The number of alkyl halides is 3. The van der Waals surface area contributed by atoms with E-state index in [9.17, 15) is 13.2 Å². The van der Waals surface area contributed by atoms with E-state index < -0.39 is 11.7 Å². The van der Waals surface area contributed by atoms with Gasteiger partial charge in [-0.25, -0.2) is 0 Å². The molecule has 0 bridgehead atoms. The predicted octanol–water partition coefficient (Wildman–Crippen LogP) is 4.37. The molecule has 0 saturated heterocycles. The van der Waals surface area contributed by atoms with Gasteiger partial charge < -0.3 is 11.1 Å². The van der Waals surface area contributed by atoms with E-state index >= 15 is 0 Å². The Bertz CT molecular complexity index is 462. The highest BCUT2D eigenvalue weighted by atomic mass is 32.2. The number of benzene rings is 1. The Morgan fingerprint density at radius 2 is 2.05 bits per heavy atom. The lowest BCUT2D eigenvalue weighted by Crippen LogP contribution is -2.28. The predicted molar refractivity (Wildman–Crippen MR) is 79.0 cm³/mol. The molecule has 2 rings (SSSR count). The largest absolute Gasteiger partial charge is 0.416 e. The molecule has 0 amide bonds. The Labute approximate surface area is 121 Å². The van der Waals surface area contributed by atoms with Crippen molar-refractivity contribution < 1.29 is 13.2 Å². The van der Waals surface area contributed by atoms with Gasteiger partial charge >= 0.3 is 6.18 Å². The summed E-state index contributed by atoms with van der Waals surface area (Å²) < 4.78 is 37.7. The van der Waals surface area contributed by atoms with Gasteiger partial charge in [0.1, 0.15) is 0 Å². The van der Waals surface area contributed by atoms with Gasteiger partial charge in [-0.15, -0.1) is 0 Å². The number of hydrogen-bond acceptors (Lipinski definition) is 3. The van der Waals surface area contributed by atoms with Crippen molar-refractivity contribution in [3.05, 3.63) is 23.8 Å². The summed E-state index contributed by atoms with van der Waals surface area (Å²) in [7, 11) is 0. The quantitative estimate of drug-likeness (QED) is 0.814. The van der Waals surface area contributed by atoms with Crippen molar-refractivity contribution in [1.29, 1.82) is 0 Å². The van der Waals surface area contributed by atoms with Crippen LogP contribution in [0, 0.1) is 0 Å². The average Bonchev–Trinajstić information content (AvgIpc) is 2.40. The molecule has 0 radical (unpaired) electrons. The second-order valence-electron chi connectivity index (χ2n) is 5.17. The molecule has 6 heteroatoms. The van der Waals surface area contributed by atoms with Crippen LogP contribution >= 0.6 is 11.8 Å². The van der Waals surface area contributed by atoms with Gasteiger partial charge in [-0.2, -0.15) is 24.9 Å². The van der Waals surface area contributed by atoms with Crippen LogP contribution in [0.2, 0.25) is 0 Å². The third kappa shape index (κ3) is 3.75. The van der Waals surface area contributed by atoms with Gasteiger partial charge in [-0.05, 0) is 43.7 Å².